The van der Waals surface area contributed by atoms with Crippen molar-refractivity contribution in [2.24, 2.45) is 5.10 Å². The number of hydrogen-bond donors (Lipinski definition) is 1. The number of hydrogen-bond acceptors (Lipinski definition) is 6. The summed E-state index contributed by atoms with van der Waals surface area (Å²) in [6.07, 6.45) is 4.31. The van der Waals surface area contributed by atoms with Crippen LogP contribution in [0.4, 0.5) is 0 Å². The second-order valence-corrected chi connectivity index (χ2v) is 6.34. The lowest BCUT2D eigenvalue weighted by atomic mass is 10.1. The zero-order valence-corrected chi connectivity index (χ0v) is 15.2. The molecule has 0 saturated heterocycles. The number of nitrogens with zero attached hydrogens (tertiary/aromatic N) is 3. The van der Waals surface area contributed by atoms with Crippen molar-refractivity contribution >= 4 is 18.4 Å². The summed E-state index contributed by atoms with van der Waals surface area (Å²) in [5, 5.41) is 11.4. The van der Waals surface area contributed by atoms with Crippen molar-refractivity contribution in [3.8, 4) is 23.1 Å². The lowest BCUT2D eigenvalue weighted by Gasteiger charge is -2.09. The summed E-state index contributed by atoms with van der Waals surface area (Å²) in [6.45, 7) is 4.57. The van der Waals surface area contributed by atoms with Gasteiger partial charge in [-0.15, -0.1) is 5.10 Å². The second kappa shape index (κ2) is 6.80. The van der Waals surface area contributed by atoms with Gasteiger partial charge in [-0.05, 0) is 50.3 Å². The van der Waals surface area contributed by atoms with E-state index in [4.69, 9.17) is 26.1 Å². The molecule has 1 aliphatic heterocycles. The molecule has 1 N–H and O–H groups in total. The molecule has 0 fully saturated rings. The minimum absolute atomic E-state index is 0.166. The molecule has 134 valence electrons. The van der Waals surface area contributed by atoms with E-state index in [-0.39, 0.29) is 6.10 Å². The first-order chi connectivity index (χ1) is 12.7. The first kappa shape index (κ1) is 16.6. The molecule has 0 spiro atoms. The molecule has 4 rings (SSSR count). The maximum atomic E-state index is 5.85. The Labute approximate surface area is 155 Å². The van der Waals surface area contributed by atoms with Crippen LogP contribution in [0.5, 0.6) is 11.5 Å². The van der Waals surface area contributed by atoms with Crippen LogP contribution in [0.1, 0.15) is 25.0 Å². The Balaban J connectivity index is 1.73. The first-order valence-corrected chi connectivity index (χ1v) is 8.78. The average Bonchev–Trinajstić information content (AvgIpc) is 3.32. The Morgan fingerprint density at radius 2 is 2.38 bits per heavy atom. The summed E-state index contributed by atoms with van der Waals surface area (Å²) in [5.74, 6) is 2.71. The van der Waals surface area contributed by atoms with Gasteiger partial charge in [0.1, 0.15) is 17.6 Å². The number of furan rings is 1. The predicted octanol–water partition coefficient (Wildman–Crippen LogP) is 3.80. The molecule has 0 bridgehead atoms. The summed E-state index contributed by atoms with van der Waals surface area (Å²) in [4.78, 5) is 0. The number of fused-ring (bicyclic) bond motifs is 1. The number of nitrogens with one attached hydrogen (secondary N) is 1. The summed E-state index contributed by atoms with van der Waals surface area (Å²) in [6, 6.07) is 7.55. The van der Waals surface area contributed by atoms with E-state index >= 15 is 0 Å². The third-order valence-corrected chi connectivity index (χ3v) is 4.30. The van der Waals surface area contributed by atoms with Crippen molar-refractivity contribution in [2.45, 2.75) is 26.4 Å². The third-order valence-electron chi connectivity index (χ3n) is 4.03. The van der Waals surface area contributed by atoms with E-state index in [1.807, 2.05) is 19.1 Å². The highest BCUT2D eigenvalue weighted by atomic mass is 32.1. The first-order valence-electron chi connectivity index (χ1n) is 8.37. The van der Waals surface area contributed by atoms with E-state index in [0.717, 1.165) is 29.0 Å². The van der Waals surface area contributed by atoms with Crippen molar-refractivity contribution in [1.82, 2.24) is 14.9 Å². The van der Waals surface area contributed by atoms with Gasteiger partial charge in [0.25, 0.3) is 0 Å². The lowest BCUT2D eigenvalue weighted by Crippen LogP contribution is -2.05. The monoisotopic (exact) mass is 370 g/mol. The van der Waals surface area contributed by atoms with Crippen molar-refractivity contribution in [2.75, 3.05) is 6.61 Å². The fraction of sp³-hybridized carbons (Fsp3) is 0.278. The van der Waals surface area contributed by atoms with Crippen molar-refractivity contribution < 1.29 is 13.9 Å². The number of aromatic nitrogens is 3. The average molecular weight is 370 g/mol. The van der Waals surface area contributed by atoms with E-state index in [1.54, 1.807) is 24.6 Å². The number of aromatic amines is 1. The van der Waals surface area contributed by atoms with Gasteiger partial charge in [-0.3, -0.25) is 0 Å². The molecule has 1 aliphatic rings. The van der Waals surface area contributed by atoms with Gasteiger partial charge >= 0.3 is 0 Å². The van der Waals surface area contributed by atoms with Gasteiger partial charge in [0.05, 0.1) is 19.1 Å². The zero-order chi connectivity index (χ0) is 18.1. The van der Waals surface area contributed by atoms with Crippen LogP contribution in [0.15, 0.2) is 40.0 Å². The standard InChI is InChI=1S/C18H18N4O3S/c1-3-23-15-8-12-7-11(2)25-16(12)9-13(15)10-19-22-17(20-21-18(22)26)14-5-4-6-24-14/h4-6,8-11H,3,7H2,1-2H3,(H,21,26)/b19-10-/t11-/m0/s1. The molecule has 0 unspecified atom stereocenters. The molecule has 2 aromatic heterocycles. The maximum Gasteiger partial charge on any atom is 0.219 e. The van der Waals surface area contributed by atoms with E-state index in [9.17, 15) is 0 Å². The van der Waals surface area contributed by atoms with Gasteiger partial charge in [0, 0.05) is 17.5 Å². The van der Waals surface area contributed by atoms with Crippen LogP contribution in [0.25, 0.3) is 11.6 Å². The van der Waals surface area contributed by atoms with Crippen LogP contribution in [0, 0.1) is 4.77 Å². The molecular weight excluding hydrogens is 352 g/mol. The molecule has 0 radical (unpaired) electrons. The summed E-state index contributed by atoms with van der Waals surface area (Å²) in [5.41, 5.74) is 1.96. The van der Waals surface area contributed by atoms with Gasteiger partial charge < -0.3 is 13.9 Å². The van der Waals surface area contributed by atoms with E-state index in [1.165, 1.54) is 4.68 Å². The van der Waals surface area contributed by atoms with E-state index in [0.29, 0.717) is 23.0 Å². The minimum Gasteiger partial charge on any atom is -0.493 e. The molecule has 0 saturated carbocycles. The van der Waals surface area contributed by atoms with Crippen LogP contribution >= 0.6 is 12.2 Å². The molecular formula is C18H18N4O3S. The van der Waals surface area contributed by atoms with Gasteiger partial charge in [0.15, 0.2) is 5.76 Å². The fourth-order valence-electron chi connectivity index (χ4n) is 2.92. The van der Waals surface area contributed by atoms with Gasteiger partial charge in [0.2, 0.25) is 10.6 Å². The number of ether oxygens (including phenoxy) is 2. The Morgan fingerprint density at radius 1 is 1.50 bits per heavy atom. The largest absolute Gasteiger partial charge is 0.493 e. The molecule has 1 atom stereocenters. The van der Waals surface area contributed by atoms with Gasteiger partial charge in [-0.25, -0.2) is 5.10 Å². The van der Waals surface area contributed by atoms with Crippen molar-refractivity contribution in [3.05, 3.63) is 46.4 Å². The normalized spacial score (nSPS) is 16.0. The Hall–Kier alpha value is -2.87. The van der Waals surface area contributed by atoms with Crippen LogP contribution in [0.2, 0.25) is 0 Å². The molecule has 7 nitrogen and oxygen atoms in total. The van der Waals surface area contributed by atoms with Crippen molar-refractivity contribution in [1.29, 1.82) is 0 Å². The highest BCUT2D eigenvalue weighted by Gasteiger charge is 2.21. The lowest BCUT2D eigenvalue weighted by molar-refractivity contribution is 0.254. The Bertz CT molecular complexity index is 1000. The minimum atomic E-state index is 0.166. The maximum absolute atomic E-state index is 5.85. The number of H-pyrrole nitrogens is 1. The van der Waals surface area contributed by atoms with Crippen LogP contribution in [-0.2, 0) is 6.42 Å². The molecule has 0 aliphatic carbocycles. The summed E-state index contributed by atoms with van der Waals surface area (Å²) < 4.78 is 18.9. The molecule has 3 heterocycles. The topological polar surface area (TPSA) is 77.6 Å². The second-order valence-electron chi connectivity index (χ2n) is 5.95. The molecule has 26 heavy (non-hydrogen) atoms. The van der Waals surface area contributed by atoms with Gasteiger partial charge in [-0.2, -0.15) is 9.78 Å². The van der Waals surface area contributed by atoms with Gasteiger partial charge in [-0.1, -0.05) is 0 Å². The van der Waals surface area contributed by atoms with Crippen LogP contribution in [0.3, 0.4) is 0 Å². The van der Waals surface area contributed by atoms with E-state index in [2.05, 4.69) is 22.2 Å². The highest BCUT2D eigenvalue weighted by molar-refractivity contribution is 7.71. The molecule has 1 aromatic carbocycles. The smallest absolute Gasteiger partial charge is 0.219 e. The third kappa shape index (κ3) is 3.03. The number of benzene rings is 1. The van der Waals surface area contributed by atoms with E-state index < -0.39 is 0 Å². The molecule has 0 amide bonds. The summed E-state index contributed by atoms with van der Waals surface area (Å²) >= 11 is 5.27. The highest BCUT2D eigenvalue weighted by Crippen LogP contribution is 2.34. The van der Waals surface area contributed by atoms with Crippen LogP contribution in [-0.4, -0.2) is 33.8 Å². The predicted molar refractivity (Wildman–Crippen MR) is 99.5 cm³/mol. The fourth-order valence-corrected chi connectivity index (χ4v) is 3.10. The van der Waals surface area contributed by atoms with Crippen LogP contribution < -0.4 is 9.47 Å². The SMILES string of the molecule is CCOc1cc2c(cc1/C=N\n1c(-c3ccco3)n[nH]c1=S)O[C@@H](C)C2. The molecule has 3 aromatic rings. The molecule has 8 heteroatoms. The zero-order valence-electron chi connectivity index (χ0n) is 14.4. The Morgan fingerprint density at radius 3 is 3.15 bits per heavy atom. The summed E-state index contributed by atoms with van der Waals surface area (Å²) in [7, 11) is 0. The quantitative estimate of drug-likeness (QED) is 0.546. The Kier molecular flexibility index (Phi) is 4.34. The van der Waals surface area contributed by atoms with Crippen molar-refractivity contribution in [3.63, 3.8) is 0 Å². The number of rotatable bonds is 5.